The number of hydrogen-bond acceptors (Lipinski definition) is 3. The Labute approximate surface area is 82.3 Å². The Bertz CT molecular complexity index is 308. The summed E-state index contributed by atoms with van der Waals surface area (Å²) in [6, 6.07) is 0. The van der Waals surface area contributed by atoms with Crippen LogP contribution in [0.1, 0.15) is 26.2 Å². The zero-order chi connectivity index (χ0) is 10.1. The van der Waals surface area contributed by atoms with Crippen molar-refractivity contribution in [3.63, 3.8) is 0 Å². The number of ether oxygens (including phenoxy) is 1. The second-order valence-electron chi connectivity index (χ2n) is 3.90. The normalized spacial score (nSPS) is 32.2. The first-order valence-corrected chi connectivity index (χ1v) is 4.84. The Morgan fingerprint density at radius 1 is 1.50 bits per heavy atom. The fraction of sp³-hybridized carbons (Fsp3) is 0.600. The van der Waals surface area contributed by atoms with Crippen LogP contribution in [0.3, 0.4) is 0 Å². The van der Waals surface area contributed by atoms with Gasteiger partial charge in [-0.3, -0.25) is 10.1 Å². The first-order chi connectivity index (χ1) is 6.66. The zero-order valence-electron chi connectivity index (χ0n) is 8.08. The number of carbonyl (C=O) groups is 2. The molecule has 4 heteroatoms. The second-order valence-corrected chi connectivity index (χ2v) is 3.90. The number of hydrogen-bond donors (Lipinski definition) is 1. The van der Waals surface area contributed by atoms with E-state index in [-0.39, 0.29) is 11.8 Å². The van der Waals surface area contributed by atoms with Crippen LogP contribution in [0, 0.1) is 5.92 Å². The summed E-state index contributed by atoms with van der Waals surface area (Å²) in [6.07, 6.45) is 3.70. The van der Waals surface area contributed by atoms with E-state index in [1.54, 1.807) is 0 Å². The van der Waals surface area contributed by atoms with Gasteiger partial charge in [-0.1, -0.05) is 11.6 Å². The van der Waals surface area contributed by atoms with Gasteiger partial charge in [0.15, 0.2) is 6.10 Å². The molecular formula is C10H13NO3. The van der Waals surface area contributed by atoms with E-state index in [1.807, 2.05) is 0 Å². The van der Waals surface area contributed by atoms with Gasteiger partial charge in [-0.05, 0) is 26.2 Å². The van der Waals surface area contributed by atoms with Gasteiger partial charge in [-0.2, -0.15) is 0 Å². The molecule has 0 bridgehead atoms. The van der Waals surface area contributed by atoms with Gasteiger partial charge < -0.3 is 4.74 Å². The van der Waals surface area contributed by atoms with Crippen molar-refractivity contribution in [2.45, 2.75) is 32.3 Å². The molecule has 2 aliphatic rings. The Morgan fingerprint density at radius 3 is 2.79 bits per heavy atom. The molecule has 1 aliphatic carbocycles. The average Bonchev–Trinajstić information content (AvgIpc) is 2.47. The molecule has 2 amide bonds. The first kappa shape index (κ1) is 9.24. The van der Waals surface area contributed by atoms with E-state index in [2.05, 4.69) is 18.3 Å². The van der Waals surface area contributed by atoms with Crippen LogP contribution in [0.15, 0.2) is 11.6 Å². The number of carbonyl (C=O) groups excluding carboxylic acids is 2. The fourth-order valence-corrected chi connectivity index (χ4v) is 1.94. The number of amides is 2. The molecule has 0 aromatic heterocycles. The van der Waals surface area contributed by atoms with Crippen molar-refractivity contribution in [3.8, 4) is 0 Å². The first-order valence-electron chi connectivity index (χ1n) is 4.84. The molecule has 1 aliphatic heterocycles. The summed E-state index contributed by atoms with van der Waals surface area (Å²) in [7, 11) is 0. The van der Waals surface area contributed by atoms with Gasteiger partial charge in [-0.15, -0.1) is 0 Å². The minimum Gasteiger partial charge on any atom is -0.435 e. The molecule has 1 fully saturated rings. The van der Waals surface area contributed by atoms with Crippen LogP contribution in [-0.4, -0.2) is 18.1 Å². The van der Waals surface area contributed by atoms with E-state index in [1.165, 1.54) is 5.57 Å². The van der Waals surface area contributed by atoms with Crippen LogP contribution in [-0.2, 0) is 9.53 Å². The molecule has 2 atom stereocenters. The Morgan fingerprint density at radius 2 is 2.29 bits per heavy atom. The third-order valence-electron chi connectivity index (χ3n) is 2.82. The molecule has 14 heavy (non-hydrogen) atoms. The maximum atomic E-state index is 11.3. The summed E-state index contributed by atoms with van der Waals surface area (Å²) in [5.41, 5.74) is 1.35. The summed E-state index contributed by atoms with van der Waals surface area (Å²) in [6.45, 7) is 2.08. The van der Waals surface area contributed by atoms with Gasteiger partial charge in [0.25, 0.3) is 5.91 Å². The Hall–Kier alpha value is -1.32. The summed E-state index contributed by atoms with van der Waals surface area (Å²) in [5.74, 6) is -0.127. The molecule has 0 radical (unpaired) electrons. The van der Waals surface area contributed by atoms with Crippen LogP contribution in [0.5, 0.6) is 0 Å². The zero-order valence-corrected chi connectivity index (χ0v) is 8.08. The van der Waals surface area contributed by atoms with Crippen molar-refractivity contribution in [2.75, 3.05) is 0 Å². The Kier molecular flexibility index (Phi) is 2.27. The van der Waals surface area contributed by atoms with Crippen molar-refractivity contribution in [1.82, 2.24) is 5.32 Å². The molecule has 0 saturated carbocycles. The second kappa shape index (κ2) is 3.44. The number of cyclic esters (lactones) is 1. The summed E-state index contributed by atoms with van der Waals surface area (Å²) in [4.78, 5) is 22.1. The lowest BCUT2D eigenvalue weighted by atomic mass is 9.86. The highest BCUT2D eigenvalue weighted by Gasteiger charge is 2.38. The Balaban J connectivity index is 2.03. The van der Waals surface area contributed by atoms with Crippen LogP contribution in [0.25, 0.3) is 0 Å². The van der Waals surface area contributed by atoms with E-state index in [9.17, 15) is 9.59 Å². The number of alkyl carbamates (subject to hydrolysis) is 1. The predicted molar refractivity (Wildman–Crippen MR) is 49.5 cm³/mol. The van der Waals surface area contributed by atoms with Gasteiger partial charge in [0.05, 0.1) is 0 Å². The molecule has 1 heterocycles. The number of allylic oxidation sites excluding steroid dienone is 2. The quantitative estimate of drug-likeness (QED) is 0.643. The smallest absolute Gasteiger partial charge is 0.414 e. The van der Waals surface area contributed by atoms with Crippen molar-refractivity contribution < 1.29 is 14.3 Å². The molecule has 0 aromatic carbocycles. The van der Waals surface area contributed by atoms with Gasteiger partial charge >= 0.3 is 6.09 Å². The summed E-state index contributed by atoms with van der Waals surface area (Å²) >= 11 is 0. The summed E-state index contributed by atoms with van der Waals surface area (Å²) in [5, 5.41) is 2.15. The van der Waals surface area contributed by atoms with Crippen LogP contribution < -0.4 is 5.32 Å². The minimum atomic E-state index is -0.605. The lowest BCUT2D eigenvalue weighted by molar-refractivity contribution is -0.125. The van der Waals surface area contributed by atoms with Gasteiger partial charge in [0, 0.05) is 5.92 Å². The van der Waals surface area contributed by atoms with E-state index >= 15 is 0 Å². The topological polar surface area (TPSA) is 55.4 Å². The molecule has 0 spiro atoms. The summed E-state index contributed by atoms with van der Waals surface area (Å²) < 4.78 is 4.92. The fourth-order valence-electron chi connectivity index (χ4n) is 1.94. The minimum absolute atomic E-state index is 0.158. The molecule has 4 nitrogen and oxygen atoms in total. The van der Waals surface area contributed by atoms with Gasteiger partial charge in [0.1, 0.15) is 0 Å². The van der Waals surface area contributed by atoms with Crippen molar-refractivity contribution in [1.29, 1.82) is 0 Å². The highest BCUT2D eigenvalue weighted by atomic mass is 16.6. The third kappa shape index (κ3) is 1.64. The molecule has 1 saturated heterocycles. The van der Waals surface area contributed by atoms with Crippen LogP contribution in [0.4, 0.5) is 4.79 Å². The average molecular weight is 195 g/mol. The number of nitrogens with one attached hydrogen (secondary N) is 1. The molecule has 76 valence electrons. The standard InChI is InChI=1S/C10H13NO3/c1-6-2-4-7(5-3-6)8-9(12)11-10(13)14-8/h2,7-8H,3-5H2,1H3,(H,11,12,13). The molecule has 0 aromatic rings. The lowest BCUT2D eigenvalue weighted by Gasteiger charge is -2.22. The van der Waals surface area contributed by atoms with Crippen molar-refractivity contribution >= 4 is 12.0 Å². The maximum Gasteiger partial charge on any atom is 0.414 e. The number of rotatable bonds is 1. The maximum absolute atomic E-state index is 11.3. The van der Waals surface area contributed by atoms with Gasteiger partial charge in [0.2, 0.25) is 0 Å². The number of imide groups is 1. The van der Waals surface area contributed by atoms with E-state index in [0.29, 0.717) is 0 Å². The van der Waals surface area contributed by atoms with Crippen LogP contribution in [0.2, 0.25) is 0 Å². The lowest BCUT2D eigenvalue weighted by Crippen LogP contribution is -2.31. The van der Waals surface area contributed by atoms with Crippen LogP contribution >= 0.6 is 0 Å². The monoisotopic (exact) mass is 195 g/mol. The molecular weight excluding hydrogens is 182 g/mol. The van der Waals surface area contributed by atoms with Crippen molar-refractivity contribution in [2.24, 2.45) is 5.92 Å². The highest BCUT2D eigenvalue weighted by molar-refractivity contribution is 6.00. The molecule has 2 rings (SSSR count). The van der Waals surface area contributed by atoms with Gasteiger partial charge in [-0.25, -0.2) is 4.79 Å². The molecule has 2 unspecified atom stereocenters. The predicted octanol–water partition coefficient (Wildman–Crippen LogP) is 1.37. The SMILES string of the molecule is CC1=CCC(C2OC(=O)NC2=O)CC1. The largest absolute Gasteiger partial charge is 0.435 e. The van der Waals surface area contributed by atoms with Crippen molar-refractivity contribution in [3.05, 3.63) is 11.6 Å². The van der Waals surface area contributed by atoms with E-state index in [4.69, 9.17) is 4.74 Å². The highest BCUT2D eigenvalue weighted by Crippen LogP contribution is 2.28. The molecule has 1 N–H and O–H groups in total. The van der Waals surface area contributed by atoms with E-state index in [0.717, 1.165) is 19.3 Å². The van der Waals surface area contributed by atoms with E-state index < -0.39 is 12.2 Å². The third-order valence-corrected chi connectivity index (χ3v) is 2.82.